The Kier molecular flexibility index (Phi) is 7.38. The van der Waals surface area contributed by atoms with Crippen molar-refractivity contribution in [1.29, 1.82) is 0 Å². The first-order chi connectivity index (χ1) is 9.65. The van der Waals surface area contributed by atoms with Gasteiger partial charge < -0.3 is 5.11 Å². The molecule has 2 rings (SSSR count). The molecule has 0 fully saturated rings. The van der Waals surface area contributed by atoms with E-state index in [2.05, 4.69) is 50.8 Å². The minimum atomic E-state index is 0.109. The number of rotatable bonds is 4. The van der Waals surface area contributed by atoms with Crippen molar-refractivity contribution in [2.45, 2.75) is 26.9 Å². The topological polar surface area (TPSA) is 20.2 Å². The molecular formula is C19H24O. The van der Waals surface area contributed by atoms with E-state index in [1.165, 1.54) is 12.0 Å². The third-order valence-electron chi connectivity index (χ3n) is 2.88. The fourth-order valence-corrected chi connectivity index (χ4v) is 1.84. The van der Waals surface area contributed by atoms with Crippen molar-refractivity contribution >= 4 is 6.08 Å². The summed E-state index contributed by atoms with van der Waals surface area (Å²) in [7, 11) is 0. The highest BCUT2D eigenvalue weighted by Gasteiger charge is 1.94. The summed E-state index contributed by atoms with van der Waals surface area (Å²) in [5, 5.41) is 8.68. The summed E-state index contributed by atoms with van der Waals surface area (Å²) in [4.78, 5) is 0. The zero-order chi connectivity index (χ0) is 14.8. The third-order valence-corrected chi connectivity index (χ3v) is 2.88. The van der Waals surface area contributed by atoms with Gasteiger partial charge in [0.25, 0.3) is 0 Å². The van der Waals surface area contributed by atoms with E-state index >= 15 is 0 Å². The lowest BCUT2D eigenvalue weighted by atomic mass is 10.0. The molecule has 0 amide bonds. The molecule has 1 N–H and O–H groups in total. The van der Waals surface area contributed by atoms with Crippen LogP contribution in [0, 0.1) is 5.92 Å². The Morgan fingerprint density at radius 1 is 0.950 bits per heavy atom. The highest BCUT2D eigenvalue weighted by molar-refractivity contribution is 5.47. The molecule has 1 nitrogen and oxygen atoms in total. The fraction of sp³-hybridized carbons (Fsp3) is 0.263. The van der Waals surface area contributed by atoms with E-state index in [0.717, 1.165) is 17.0 Å². The van der Waals surface area contributed by atoms with Crippen LogP contribution in [0.3, 0.4) is 0 Å². The summed E-state index contributed by atoms with van der Waals surface area (Å²) < 4.78 is 0. The molecule has 0 saturated carbocycles. The zero-order valence-corrected chi connectivity index (χ0v) is 12.4. The van der Waals surface area contributed by atoms with Gasteiger partial charge in [-0.3, -0.25) is 0 Å². The van der Waals surface area contributed by atoms with Gasteiger partial charge in [0, 0.05) is 0 Å². The predicted molar refractivity (Wildman–Crippen MR) is 87.4 cm³/mol. The molecule has 0 aromatic heterocycles. The van der Waals surface area contributed by atoms with Crippen molar-refractivity contribution in [1.82, 2.24) is 0 Å². The SMILES string of the molecule is C=Cc1ccc(CO)cc1.CC(C)Cc1ccccc1. The summed E-state index contributed by atoms with van der Waals surface area (Å²) in [6, 6.07) is 18.2. The van der Waals surface area contributed by atoms with Crippen LogP contribution in [0.15, 0.2) is 61.2 Å². The molecule has 0 atom stereocenters. The Morgan fingerprint density at radius 3 is 2.00 bits per heavy atom. The van der Waals surface area contributed by atoms with E-state index in [4.69, 9.17) is 5.11 Å². The van der Waals surface area contributed by atoms with Crippen LogP contribution < -0.4 is 0 Å². The molecule has 0 radical (unpaired) electrons. The molecule has 20 heavy (non-hydrogen) atoms. The third kappa shape index (κ3) is 6.35. The summed E-state index contributed by atoms with van der Waals surface area (Å²) >= 11 is 0. The standard InChI is InChI=1S/C10H14.C9H10O/c1-9(2)8-10-6-4-3-5-7-10;1-2-8-3-5-9(7-10)6-4-8/h3-7,9H,8H2,1-2H3;2-6,10H,1,7H2. The van der Waals surface area contributed by atoms with E-state index in [-0.39, 0.29) is 6.61 Å². The van der Waals surface area contributed by atoms with E-state index in [1.54, 1.807) is 6.08 Å². The molecule has 0 unspecified atom stereocenters. The van der Waals surface area contributed by atoms with Gasteiger partial charge in [-0.05, 0) is 29.0 Å². The van der Waals surface area contributed by atoms with Gasteiger partial charge in [-0.1, -0.05) is 81.1 Å². The first-order valence-corrected chi connectivity index (χ1v) is 7.02. The van der Waals surface area contributed by atoms with Gasteiger partial charge in [-0.25, -0.2) is 0 Å². The van der Waals surface area contributed by atoms with Crippen molar-refractivity contribution in [2.24, 2.45) is 5.92 Å². The minimum Gasteiger partial charge on any atom is -0.392 e. The van der Waals surface area contributed by atoms with Crippen molar-refractivity contribution in [3.63, 3.8) is 0 Å². The normalized spacial score (nSPS) is 9.80. The average molecular weight is 268 g/mol. The predicted octanol–water partition coefficient (Wildman–Crippen LogP) is 4.71. The molecule has 0 spiro atoms. The molecule has 0 aliphatic rings. The Bertz CT molecular complexity index is 483. The van der Waals surface area contributed by atoms with Crippen molar-refractivity contribution in [3.05, 3.63) is 77.9 Å². The first-order valence-electron chi connectivity index (χ1n) is 7.02. The van der Waals surface area contributed by atoms with Crippen LogP contribution in [0.25, 0.3) is 6.08 Å². The van der Waals surface area contributed by atoms with Gasteiger partial charge in [-0.2, -0.15) is 0 Å². The van der Waals surface area contributed by atoms with Gasteiger partial charge in [0.15, 0.2) is 0 Å². The summed E-state index contributed by atoms with van der Waals surface area (Å²) in [5.74, 6) is 0.766. The smallest absolute Gasteiger partial charge is 0.0681 e. The number of hydrogen-bond acceptors (Lipinski definition) is 1. The van der Waals surface area contributed by atoms with Crippen molar-refractivity contribution in [3.8, 4) is 0 Å². The molecular weight excluding hydrogens is 244 g/mol. The molecule has 0 aliphatic heterocycles. The lowest BCUT2D eigenvalue weighted by Crippen LogP contribution is -1.92. The second-order valence-electron chi connectivity index (χ2n) is 5.19. The largest absolute Gasteiger partial charge is 0.392 e. The van der Waals surface area contributed by atoms with Gasteiger partial charge in [0.1, 0.15) is 0 Å². The number of aliphatic hydroxyl groups excluding tert-OH is 1. The Balaban J connectivity index is 0.000000200. The molecule has 0 aliphatic carbocycles. The van der Waals surface area contributed by atoms with Crippen molar-refractivity contribution < 1.29 is 5.11 Å². The van der Waals surface area contributed by atoms with Crippen LogP contribution in [0.1, 0.15) is 30.5 Å². The van der Waals surface area contributed by atoms with Crippen LogP contribution in [0.5, 0.6) is 0 Å². The quantitative estimate of drug-likeness (QED) is 0.851. The van der Waals surface area contributed by atoms with E-state index in [9.17, 15) is 0 Å². The van der Waals surface area contributed by atoms with Crippen LogP contribution in [0.2, 0.25) is 0 Å². The fourth-order valence-electron chi connectivity index (χ4n) is 1.84. The van der Waals surface area contributed by atoms with Crippen molar-refractivity contribution in [2.75, 3.05) is 0 Å². The molecule has 106 valence electrons. The number of aliphatic hydroxyl groups is 1. The zero-order valence-electron chi connectivity index (χ0n) is 12.4. The maximum Gasteiger partial charge on any atom is 0.0681 e. The van der Waals surface area contributed by atoms with Gasteiger partial charge >= 0.3 is 0 Å². The minimum absolute atomic E-state index is 0.109. The maximum absolute atomic E-state index is 8.68. The highest BCUT2D eigenvalue weighted by atomic mass is 16.3. The summed E-state index contributed by atoms with van der Waals surface area (Å²) in [6.07, 6.45) is 2.97. The average Bonchev–Trinajstić information content (AvgIpc) is 2.48. The van der Waals surface area contributed by atoms with Gasteiger partial charge in [0.2, 0.25) is 0 Å². The molecule has 0 bridgehead atoms. The van der Waals surface area contributed by atoms with Crippen LogP contribution in [-0.4, -0.2) is 5.11 Å². The highest BCUT2D eigenvalue weighted by Crippen LogP contribution is 2.06. The lowest BCUT2D eigenvalue weighted by Gasteiger charge is -2.02. The molecule has 2 aromatic carbocycles. The second-order valence-corrected chi connectivity index (χ2v) is 5.19. The van der Waals surface area contributed by atoms with Crippen LogP contribution in [-0.2, 0) is 13.0 Å². The Morgan fingerprint density at radius 2 is 1.55 bits per heavy atom. The Labute approximate surface area is 122 Å². The van der Waals surface area contributed by atoms with E-state index in [1.807, 2.05) is 24.3 Å². The molecule has 2 aromatic rings. The second kappa shape index (κ2) is 9.11. The van der Waals surface area contributed by atoms with E-state index < -0.39 is 0 Å². The number of benzene rings is 2. The van der Waals surface area contributed by atoms with Crippen LogP contribution >= 0.6 is 0 Å². The molecule has 0 heterocycles. The van der Waals surface area contributed by atoms with Crippen LogP contribution in [0.4, 0.5) is 0 Å². The Hall–Kier alpha value is -1.86. The first kappa shape index (κ1) is 16.2. The van der Waals surface area contributed by atoms with E-state index in [0.29, 0.717) is 0 Å². The van der Waals surface area contributed by atoms with Gasteiger partial charge in [-0.15, -0.1) is 0 Å². The lowest BCUT2D eigenvalue weighted by molar-refractivity contribution is 0.282. The summed E-state index contributed by atoms with van der Waals surface area (Å²) in [6.45, 7) is 8.22. The molecule has 1 heteroatoms. The number of hydrogen-bond donors (Lipinski definition) is 1. The van der Waals surface area contributed by atoms with Gasteiger partial charge in [0.05, 0.1) is 6.61 Å². The monoisotopic (exact) mass is 268 g/mol. The molecule has 0 saturated heterocycles. The maximum atomic E-state index is 8.68. The summed E-state index contributed by atoms with van der Waals surface area (Å²) in [5.41, 5.74) is 3.46.